The molecule has 1 N–H and O–H groups in total. The number of nitrogens with one attached hydrogen (secondary N) is 1. The van der Waals surface area contributed by atoms with Gasteiger partial charge in [0.2, 0.25) is 0 Å². The molecule has 0 atom stereocenters. The Morgan fingerprint density at radius 3 is 2.33 bits per heavy atom. The molecule has 2 heteroatoms. The molecule has 0 amide bonds. The van der Waals surface area contributed by atoms with Crippen molar-refractivity contribution < 1.29 is 0 Å². The van der Waals surface area contributed by atoms with Crippen LogP contribution in [0.5, 0.6) is 0 Å². The van der Waals surface area contributed by atoms with Crippen molar-refractivity contribution in [2.45, 2.75) is 52.2 Å². The molecule has 0 saturated carbocycles. The van der Waals surface area contributed by atoms with E-state index in [1.165, 1.54) is 11.1 Å². The molecular weight excluding hydrogens is 220 g/mol. The summed E-state index contributed by atoms with van der Waals surface area (Å²) < 4.78 is 0. The second-order valence-electron chi connectivity index (χ2n) is 6.89. The van der Waals surface area contributed by atoms with Crippen LogP contribution in [0.25, 0.3) is 0 Å². The summed E-state index contributed by atoms with van der Waals surface area (Å²) in [5.74, 6) is 0. The molecule has 2 rings (SSSR count). The van der Waals surface area contributed by atoms with Gasteiger partial charge in [-0.25, -0.2) is 0 Å². The van der Waals surface area contributed by atoms with Crippen LogP contribution >= 0.6 is 0 Å². The van der Waals surface area contributed by atoms with Crippen molar-refractivity contribution in [2.75, 3.05) is 13.1 Å². The molecule has 1 heterocycles. The Bertz CT molecular complexity index is 404. The molecule has 2 nitrogen and oxygen atoms in total. The standard InChI is InChI=1S/C16H26N2/c1-13-6-8-14(9-7-13)10-18-12-15(2,3)17-11-16(18,4)5/h6-9,17H,10-12H2,1-5H3. The molecule has 0 bridgehead atoms. The van der Waals surface area contributed by atoms with E-state index in [-0.39, 0.29) is 11.1 Å². The third kappa shape index (κ3) is 3.12. The summed E-state index contributed by atoms with van der Waals surface area (Å²) in [6.07, 6.45) is 0. The summed E-state index contributed by atoms with van der Waals surface area (Å²) in [7, 11) is 0. The highest BCUT2D eigenvalue weighted by atomic mass is 15.3. The first kappa shape index (κ1) is 13.6. The largest absolute Gasteiger partial charge is 0.309 e. The maximum Gasteiger partial charge on any atom is 0.0282 e. The summed E-state index contributed by atoms with van der Waals surface area (Å²) in [5, 5.41) is 3.63. The summed E-state index contributed by atoms with van der Waals surface area (Å²) in [4.78, 5) is 2.59. The minimum atomic E-state index is 0.209. The van der Waals surface area contributed by atoms with Gasteiger partial charge in [0.1, 0.15) is 0 Å². The van der Waals surface area contributed by atoms with E-state index in [1.807, 2.05) is 0 Å². The fourth-order valence-electron chi connectivity index (χ4n) is 2.50. The van der Waals surface area contributed by atoms with Crippen molar-refractivity contribution in [3.05, 3.63) is 35.4 Å². The number of hydrogen-bond donors (Lipinski definition) is 1. The van der Waals surface area contributed by atoms with Crippen LogP contribution in [0.1, 0.15) is 38.8 Å². The molecule has 0 aromatic heterocycles. The third-order valence-corrected chi connectivity index (χ3v) is 3.94. The molecule has 1 aromatic carbocycles. The minimum absolute atomic E-state index is 0.209. The summed E-state index contributed by atoms with van der Waals surface area (Å²) in [5.41, 5.74) is 3.17. The van der Waals surface area contributed by atoms with E-state index in [4.69, 9.17) is 0 Å². The molecule has 0 aliphatic carbocycles. The van der Waals surface area contributed by atoms with Gasteiger partial charge in [0.15, 0.2) is 0 Å². The van der Waals surface area contributed by atoms with Gasteiger partial charge in [-0.2, -0.15) is 0 Å². The number of nitrogens with zero attached hydrogens (tertiary/aromatic N) is 1. The van der Waals surface area contributed by atoms with Crippen LogP contribution in [0.2, 0.25) is 0 Å². The van der Waals surface area contributed by atoms with Gasteiger partial charge in [-0.15, -0.1) is 0 Å². The lowest BCUT2D eigenvalue weighted by molar-refractivity contribution is 0.0324. The predicted octanol–water partition coefficient (Wildman–Crippen LogP) is 2.96. The Balaban J connectivity index is 2.12. The van der Waals surface area contributed by atoms with Crippen molar-refractivity contribution in [3.8, 4) is 0 Å². The quantitative estimate of drug-likeness (QED) is 0.863. The monoisotopic (exact) mass is 246 g/mol. The van der Waals surface area contributed by atoms with Crippen molar-refractivity contribution in [2.24, 2.45) is 0 Å². The Morgan fingerprint density at radius 2 is 1.72 bits per heavy atom. The first-order chi connectivity index (χ1) is 8.28. The van der Waals surface area contributed by atoms with Gasteiger partial charge >= 0.3 is 0 Å². The van der Waals surface area contributed by atoms with Crippen molar-refractivity contribution in [1.82, 2.24) is 10.2 Å². The topological polar surface area (TPSA) is 15.3 Å². The Hall–Kier alpha value is -0.860. The average molecular weight is 246 g/mol. The average Bonchev–Trinajstić information content (AvgIpc) is 2.27. The zero-order chi connectivity index (χ0) is 13.4. The maximum atomic E-state index is 3.63. The number of hydrogen-bond acceptors (Lipinski definition) is 2. The minimum Gasteiger partial charge on any atom is -0.309 e. The molecule has 1 aliphatic heterocycles. The molecule has 1 saturated heterocycles. The fraction of sp³-hybridized carbons (Fsp3) is 0.625. The van der Waals surface area contributed by atoms with Gasteiger partial charge in [-0.3, -0.25) is 4.90 Å². The van der Waals surface area contributed by atoms with Gasteiger partial charge in [-0.05, 0) is 40.2 Å². The van der Waals surface area contributed by atoms with Crippen LogP contribution in [0.15, 0.2) is 24.3 Å². The molecule has 18 heavy (non-hydrogen) atoms. The van der Waals surface area contributed by atoms with Crippen LogP contribution in [0, 0.1) is 6.92 Å². The highest BCUT2D eigenvalue weighted by molar-refractivity contribution is 5.21. The Morgan fingerprint density at radius 1 is 1.11 bits per heavy atom. The number of aryl methyl sites for hydroxylation is 1. The third-order valence-electron chi connectivity index (χ3n) is 3.94. The van der Waals surface area contributed by atoms with Gasteiger partial charge in [-0.1, -0.05) is 29.8 Å². The molecule has 0 radical (unpaired) electrons. The molecular formula is C16H26N2. The van der Waals surface area contributed by atoms with E-state index in [0.29, 0.717) is 0 Å². The molecule has 1 fully saturated rings. The highest BCUT2D eigenvalue weighted by Gasteiger charge is 2.37. The van der Waals surface area contributed by atoms with E-state index in [0.717, 1.165) is 19.6 Å². The van der Waals surface area contributed by atoms with Gasteiger partial charge in [0.05, 0.1) is 0 Å². The van der Waals surface area contributed by atoms with Crippen LogP contribution in [0.3, 0.4) is 0 Å². The van der Waals surface area contributed by atoms with Crippen molar-refractivity contribution in [3.63, 3.8) is 0 Å². The second-order valence-corrected chi connectivity index (χ2v) is 6.89. The van der Waals surface area contributed by atoms with E-state index >= 15 is 0 Å². The van der Waals surface area contributed by atoms with E-state index in [9.17, 15) is 0 Å². The Labute approximate surface area is 111 Å². The normalized spacial score (nSPS) is 22.9. The van der Waals surface area contributed by atoms with Crippen LogP contribution in [0.4, 0.5) is 0 Å². The first-order valence-corrected chi connectivity index (χ1v) is 6.84. The number of piperazine rings is 1. The number of benzene rings is 1. The smallest absolute Gasteiger partial charge is 0.0282 e. The SMILES string of the molecule is Cc1ccc(CN2CC(C)(C)NCC2(C)C)cc1. The van der Waals surface area contributed by atoms with Crippen LogP contribution in [-0.2, 0) is 6.54 Å². The zero-order valence-electron chi connectivity index (χ0n) is 12.4. The van der Waals surface area contributed by atoms with Crippen LogP contribution < -0.4 is 5.32 Å². The maximum absolute atomic E-state index is 3.63. The van der Waals surface area contributed by atoms with Gasteiger partial charge in [0.25, 0.3) is 0 Å². The zero-order valence-corrected chi connectivity index (χ0v) is 12.4. The van der Waals surface area contributed by atoms with Crippen LogP contribution in [-0.4, -0.2) is 29.1 Å². The fourth-order valence-corrected chi connectivity index (χ4v) is 2.50. The van der Waals surface area contributed by atoms with Gasteiger partial charge in [0, 0.05) is 30.7 Å². The molecule has 0 spiro atoms. The van der Waals surface area contributed by atoms with Crippen molar-refractivity contribution >= 4 is 0 Å². The molecule has 100 valence electrons. The summed E-state index contributed by atoms with van der Waals surface area (Å²) in [6.45, 7) is 14.5. The molecule has 1 aromatic rings. The van der Waals surface area contributed by atoms with Crippen molar-refractivity contribution in [1.29, 1.82) is 0 Å². The molecule has 0 unspecified atom stereocenters. The van der Waals surface area contributed by atoms with E-state index < -0.39 is 0 Å². The van der Waals surface area contributed by atoms with Gasteiger partial charge < -0.3 is 5.32 Å². The summed E-state index contributed by atoms with van der Waals surface area (Å²) >= 11 is 0. The van der Waals surface area contributed by atoms with E-state index in [2.05, 4.69) is 69.1 Å². The predicted molar refractivity (Wildman–Crippen MR) is 77.7 cm³/mol. The first-order valence-electron chi connectivity index (χ1n) is 6.84. The second kappa shape index (κ2) is 4.67. The summed E-state index contributed by atoms with van der Waals surface area (Å²) in [6, 6.07) is 8.91. The Kier molecular flexibility index (Phi) is 3.52. The van der Waals surface area contributed by atoms with E-state index in [1.54, 1.807) is 0 Å². The molecule has 1 aliphatic rings. The highest BCUT2D eigenvalue weighted by Crippen LogP contribution is 2.25. The lowest BCUT2D eigenvalue weighted by Gasteiger charge is -2.49. The lowest BCUT2D eigenvalue weighted by atomic mass is 9.91. The lowest BCUT2D eigenvalue weighted by Crippen LogP contribution is -2.65. The number of rotatable bonds is 2.